The van der Waals surface area contributed by atoms with E-state index in [9.17, 15) is 9.59 Å². The summed E-state index contributed by atoms with van der Waals surface area (Å²) in [6.45, 7) is 5.78. The number of carboxylic acids is 1. The van der Waals surface area contributed by atoms with Crippen LogP contribution in [0.5, 0.6) is 5.75 Å². The number of benzene rings is 1. The van der Waals surface area contributed by atoms with E-state index in [0.717, 1.165) is 5.56 Å². The van der Waals surface area contributed by atoms with E-state index < -0.39 is 23.5 Å². The average Bonchev–Trinajstić information content (AvgIpc) is 3.20. The van der Waals surface area contributed by atoms with Gasteiger partial charge in [-0.1, -0.05) is 26.0 Å². The molecule has 1 unspecified atom stereocenters. The van der Waals surface area contributed by atoms with Gasteiger partial charge in [-0.15, -0.1) is 0 Å². The Hall–Kier alpha value is -2.04. The molecule has 1 aliphatic rings. The van der Waals surface area contributed by atoms with Crippen LogP contribution in [0.15, 0.2) is 24.3 Å². The van der Waals surface area contributed by atoms with Gasteiger partial charge in [0.2, 0.25) is 0 Å². The normalized spacial score (nSPS) is 17.1. The highest BCUT2D eigenvalue weighted by atomic mass is 16.5. The number of carbonyl (C=O) groups excluding carboxylic acids is 1. The minimum atomic E-state index is -1.07. The molecule has 0 radical (unpaired) electrons. The van der Waals surface area contributed by atoms with Gasteiger partial charge in [0, 0.05) is 0 Å². The van der Waals surface area contributed by atoms with E-state index >= 15 is 0 Å². The number of hydrogen-bond donors (Lipinski definition) is 2. The number of amides is 1. The zero-order chi connectivity index (χ0) is 15.6. The van der Waals surface area contributed by atoms with Gasteiger partial charge in [-0.2, -0.15) is 0 Å². The number of carboxylic acid groups (broad SMARTS) is 1. The first kappa shape index (κ1) is 15.4. The molecule has 1 aromatic rings. The standard InChI is InChI=1S/C16H21NO4/c1-10(2)12-5-4-6-13(9-12)21-11(3)14(18)17-16(7-8-16)15(19)20/h4-6,9-11H,7-8H2,1-3H3,(H,17,18)(H,19,20). The predicted molar refractivity (Wildman–Crippen MR) is 78.4 cm³/mol. The number of nitrogens with one attached hydrogen (secondary N) is 1. The Kier molecular flexibility index (Phi) is 4.21. The van der Waals surface area contributed by atoms with Gasteiger partial charge in [0.05, 0.1) is 0 Å². The van der Waals surface area contributed by atoms with E-state index in [1.807, 2.05) is 18.2 Å². The molecule has 0 aromatic heterocycles. The molecule has 2 rings (SSSR count). The van der Waals surface area contributed by atoms with E-state index in [2.05, 4.69) is 19.2 Å². The van der Waals surface area contributed by atoms with Crippen molar-refractivity contribution >= 4 is 11.9 Å². The summed E-state index contributed by atoms with van der Waals surface area (Å²) in [6, 6.07) is 7.58. The Balaban J connectivity index is 1.98. The maximum atomic E-state index is 12.0. The van der Waals surface area contributed by atoms with E-state index in [0.29, 0.717) is 24.5 Å². The predicted octanol–water partition coefficient (Wildman–Crippen LogP) is 2.31. The van der Waals surface area contributed by atoms with Crippen molar-refractivity contribution in [3.05, 3.63) is 29.8 Å². The third kappa shape index (κ3) is 3.54. The van der Waals surface area contributed by atoms with Crippen molar-refractivity contribution in [1.29, 1.82) is 0 Å². The van der Waals surface area contributed by atoms with Gasteiger partial charge in [-0.3, -0.25) is 4.79 Å². The zero-order valence-electron chi connectivity index (χ0n) is 12.6. The molecule has 1 amide bonds. The SMILES string of the molecule is CC(Oc1cccc(C(C)C)c1)C(=O)NC1(C(=O)O)CC1. The number of hydrogen-bond acceptors (Lipinski definition) is 3. The number of ether oxygens (including phenoxy) is 1. The second kappa shape index (κ2) is 5.76. The van der Waals surface area contributed by atoms with Crippen LogP contribution in [0.25, 0.3) is 0 Å². The van der Waals surface area contributed by atoms with E-state index in [1.54, 1.807) is 13.0 Å². The molecule has 1 aromatic carbocycles. The van der Waals surface area contributed by atoms with Crippen LogP contribution in [0.2, 0.25) is 0 Å². The summed E-state index contributed by atoms with van der Waals surface area (Å²) in [5.41, 5.74) is 0.0541. The number of aliphatic carboxylic acids is 1. The summed E-state index contributed by atoms with van der Waals surface area (Å²) < 4.78 is 5.62. The fourth-order valence-corrected chi connectivity index (χ4v) is 2.06. The maximum absolute atomic E-state index is 12.0. The largest absolute Gasteiger partial charge is 0.481 e. The highest BCUT2D eigenvalue weighted by Gasteiger charge is 2.52. The monoisotopic (exact) mass is 291 g/mol. The molecule has 1 atom stereocenters. The summed E-state index contributed by atoms with van der Waals surface area (Å²) >= 11 is 0. The third-order valence-electron chi connectivity index (χ3n) is 3.73. The van der Waals surface area contributed by atoms with Crippen LogP contribution in [0, 0.1) is 0 Å². The molecule has 0 bridgehead atoms. The summed E-state index contributed by atoms with van der Waals surface area (Å²) in [4.78, 5) is 23.1. The Bertz CT molecular complexity index is 549. The first-order chi connectivity index (χ1) is 9.84. The highest BCUT2D eigenvalue weighted by Crippen LogP contribution is 2.35. The Labute approximate surface area is 124 Å². The molecule has 2 N–H and O–H groups in total. The molecule has 0 saturated heterocycles. The molecular formula is C16H21NO4. The van der Waals surface area contributed by atoms with E-state index in [4.69, 9.17) is 9.84 Å². The second-order valence-corrected chi connectivity index (χ2v) is 5.86. The fourth-order valence-electron chi connectivity index (χ4n) is 2.06. The van der Waals surface area contributed by atoms with Crippen molar-refractivity contribution in [3.8, 4) is 5.75 Å². The summed E-state index contributed by atoms with van der Waals surface area (Å²) in [7, 11) is 0. The van der Waals surface area contributed by atoms with Crippen LogP contribution in [0.4, 0.5) is 0 Å². The molecule has 1 saturated carbocycles. The van der Waals surface area contributed by atoms with E-state index in [1.165, 1.54) is 0 Å². The van der Waals surface area contributed by atoms with E-state index in [-0.39, 0.29) is 0 Å². The van der Waals surface area contributed by atoms with Gasteiger partial charge < -0.3 is 15.2 Å². The number of rotatable bonds is 6. The van der Waals surface area contributed by atoms with Crippen molar-refractivity contribution in [2.45, 2.75) is 51.2 Å². The molecule has 0 heterocycles. The van der Waals surface area contributed by atoms with Gasteiger partial charge in [-0.25, -0.2) is 4.79 Å². The van der Waals surface area contributed by atoms with Crippen LogP contribution in [0.3, 0.4) is 0 Å². The zero-order valence-corrected chi connectivity index (χ0v) is 12.6. The molecule has 5 heteroatoms. The molecule has 1 aliphatic carbocycles. The van der Waals surface area contributed by atoms with Crippen molar-refractivity contribution in [3.63, 3.8) is 0 Å². The lowest BCUT2D eigenvalue weighted by molar-refractivity contribution is -0.144. The first-order valence-electron chi connectivity index (χ1n) is 7.16. The average molecular weight is 291 g/mol. The van der Waals surface area contributed by atoms with Crippen LogP contribution < -0.4 is 10.1 Å². The first-order valence-corrected chi connectivity index (χ1v) is 7.16. The quantitative estimate of drug-likeness (QED) is 0.843. The molecule has 1 fully saturated rings. The molecular weight excluding hydrogens is 270 g/mol. The van der Waals surface area contributed by atoms with Crippen LogP contribution >= 0.6 is 0 Å². The summed E-state index contributed by atoms with van der Waals surface area (Å²) in [6.07, 6.45) is 0.219. The summed E-state index contributed by atoms with van der Waals surface area (Å²) in [5, 5.41) is 11.6. The van der Waals surface area contributed by atoms with Gasteiger partial charge in [-0.05, 0) is 43.4 Å². The van der Waals surface area contributed by atoms with Crippen LogP contribution in [-0.4, -0.2) is 28.6 Å². The lowest BCUT2D eigenvalue weighted by atomic mass is 10.0. The molecule has 21 heavy (non-hydrogen) atoms. The highest BCUT2D eigenvalue weighted by molar-refractivity contribution is 5.91. The Morgan fingerprint density at radius 3 is 2.48 bits per heavy atom. The minimum absolute atomic E-state index is 0.374. The molecule has 5 nitrogen and oxygen atoms in total. The van der Waals surface area contributed by atoms with Gasteiger partial charge >= 0.3 is 5.97 Å². The fraction of sp³-hybridized carbons (Fsp3) is 0.500. The molecule has 0 aliphatic heterocycles. The molecule has 0 spiro atoms. The van der Waals surface area contributed by atoms with Crippen LogP contribution in [0.1, 0.15) is 45.1 Å². The maximum Gasteiger partial charge on any atom is 0.329 e. The summed E-state index contributed by atoms with van der Waals surface area (Å²) in [5.74, 6) is -0.391. The van der Waals surface area contributed by atoms with Crippen molar-refractivity contribution in [2.24, 2.45) is 0 Å². The van der Waals surface area contributed by atoms with Gasteiger partial charge in [0.15, 0.2) is 6.10 Å². The number of carbonyl (C=O) groups is 2. The molecule has 114 valence electrons. The van der Waals surface area contributed by atoms with Crippen molar-refractivity contribution in [1.82, 2.24) is 5.32 Å². The minimum Gasteiger partial charge on any atom is -0.481 e. The Morgan fingerprint density at radius 2 is 1.95 bits per heavy atom. The van der Waals surface area contributed by atoms with Crippen LogP contribution in [-0.2, 0) is 9.59 Å². The van der Waals surface area contributed by atoms with Crippen molar-refractivity contribution < 1.29 is 19.4 Å². The third-order valence-corrected chi connectivity index (χ3v) is 3.73. The topological polar surface area (TPSA) is 75.6 Å². The Morgan fingerprint density at radius 1 is 1.29 bits per heavy atom. The smallest absolute Gasteiger partial charge is 0.329 e. The lowest BCUT2D eigenvalue weighted by Gasteiger charge is -2.18. The van der Waals surface area contributed by atoms with Gasteiger partial charge in [0.25, 0.3) is 5.91 Å². The lowest BCUT2D eigenvalue weighted by Crippen LogP contribution is -2.48. The van der Waals surface area contributed by atoms with Crippen molar-refractivity contribution in [2.75, 3.05) is 0 Å². The second-order valence-electron chi connectivity index (χ2n) is 5.86. The van der Waals surface area contributed by atoms with Gasteiger partial charge in [0.1, 0.15) is 11.3 Å².